The fraction of sp³-hybridized carbons (Fsp3) is 0.517. The number of piperidine rings is 1. The van der Waals surface area contributed by atoms with Crippen LogP contribution in [0.1, 0.15) is 29.5 Å². The number of fused-ring (bicyclic) bond motifs is 2. The second-order valence-electron chi connectivity index (χ2n) is 11.1. The molecule has 1 atom stereocenters. The maximum absolute atomic E-state index is 15.2. The van der Waals surface area contributed by atoms with Gasteiger partial charge in [-0.05, 0) is 52.8 Å². The van der Waals surface area contributed by atoms with Crippen molar-refractivity contribution in [3.8, 4) is 17.2 Å². The van der Waals surface area contributed by atoms with Crippen molar-refractivity contribution in [1.82, 2.24) is 15.5 Å². The molecule has 2 N–H and O–H groups in total. The van der Waals surface area contributed by atoms with E-state index in [0.29, 0.717) is 18.2 Å². The number of likely N-dealkylation sites (tertiary alicyclic amines) is 1. The lowest BCUT2D eigenvalue weighted by atomic mass is 9.81. The largest absolute Gasteiger partial charge is 0.378 e. The highest BCUT2D eigenvalue weighted by Gasteiger charge is 2.52. The van der Waals surface area contributed by atoms with Crippen LogP contribution in [-0.4, -0.2) is 68.7 Å². The standard InChI is InChI=1S/C29H31F3N4O3/c30-25-11-19(1-3-20(25)9-22(12-33)35-27(37)28(26(31)32)16-34-17-28)18-2-4-21-13-39-29(24(21)10-18)5-7-36(8-6-29)23-14-38-15-23/h1-4,10-11,22-23,26,34H,5-9,13-17H2,(H,35,37)/t22-/m0/s1. The number of benzene rings is 2. The predicted molar refractivity (Wildman–Crippen MR) is 136 cm³/mol. The summed E-state index contributed by atoms with van der Waals surface area (Å²) in [5.74, 6) is -1.40. The van der Waals surface area contributed by atoms with Crippen LogP contribution in [0.15, 0.2) is 36.4 Å². The molecule has 4 heterocycles. The molecule has 0 saturated carbocycles. The van der Waals surface area contributed by atoms with Crippen molar-refractivity contribution in [2.75, 3.05) is 39.4 Å². The van der Waals surface area contributed by atoms with Crippen molar-refractivity contribution < 1.29 is 27.4 Å². The van der Waals surface area contributed by atoms with Crippen LogP contribution in [0, 0.1) is 22.6 Å². The molecule has 6 rings (SSSR count). The summed E-state index contributed by atoms with van der Waals surface area (Å²) in [5.41, 5.74) is 1.96. The third-order valence-electron chi connectivity index (χ3n) is 8.87. The molecule has 4 aliphatic heterocycles. The minimum Gasteiger partial charge on any atom is -0.378 e. The fourth-order valence-electron chi connectivity index (χ4n) is 6.05. The van der Waals surface area contributed by atoms with E-state index in [1.807, 2.05) is 18.2 Å². The SMILES string of the molecule is N#C[C@H](Cc1ccc(-c2ccc3c(c2)C2(CCN(C4COC4)CC2)OC3)cc1F)NC(=O)C1(C(F)F)CNC1. The topological polar surface area (TPSA) is 86.6 Å². The molecule has 1 amide bonds. The Morgan fingerprint density at radius 3 is 2.46 bits per heavy atom. The van der Waals surface area contributed by atoms with Crippen molar-refractivity contribution in [3.63, 3.8) is 0 Å². The number of nitrogens with one attached hydrogen (secondary N) is 2. The van der Waals surface area contributed by atoms with E-state index in [-0.39, 0.29) is 30.7 Å². The summed E-state index contributed by atoms with van der Waals surface area (Å²) in [4.78, 5) is 14.9. The molecule has 0 radical (unpaired) electrons. The second-order valence-corrected chi connectivity index (χ2v) is 11.1. The van der Waals surface area contributed by atoms with Gasteiger partial charge in [-0.25, -0.2) is 13.2 Å². The zero-order valence-electron chi connectivity index (χ0n) is 21.5. The van der Waals surface area contributed by atoms with Crippen LogP contribution in [0.2, 0.25) is 0 Å². The minimum absolute atomic E-state index is 0.120. The number of rotatable bonds is 7. The van der Waals surface area contributed by atoms with E-state index in [9.17, 15) is 18.8 Å². The van der Waals surface area contributed by atoms with Gasteiger partial charge in [0.1, 0.15) is 17.3 Å². The Balaban J connectivity index is 1.16. The lowest BCUT2D eigenvalue weighted by Gasteiger charge is -2.45. The van der Waals surface area contributed by atoms with E-state index in [1.165, 1.54) is 11.6 Å². The van der Waals surface area contributed by atoms with Crippen LogP contribution >= 0.6 is 0 Å². The first-order valence-corrected chi connectivity index (χ1v) is 13.4. The van der Waals surface area contributed by atoms with Crippen LogP contribution in [-0.2, 0) is 32.9 Å². The van der Waals surface area contributed by atoms with Crippen LogP contribution in [0.25, 0.3) is 11.1 Å². The first kappa shape index (κ1) is 26.3. The van der Waals surface area contributed by atoms with Crippen molar-refractivity contribution in [3.05, 3.63) is 58.9 Å². The van der Waals surface area contributed by atoms with Crippen LogP contribution in [0.5, 0.6) is 0 Å². The quantitative estimate of drug-likeness (QED) is 0.562. The van der Waals surface area contributed by atoms with Gasteiger partial charge in [0.2, 0.25) is 5.91 Å². The Morgan fingerprint density at radius 2 is 1.87 bits per heavy atom. The van der Waals surface area contributed by atoms with Crippen molar-refractivity contribution >= 4 is 5.91 Å². The zero-order valence-corrected chi connectivity index (χ0v) is 21.5. The van der Waals surface area contributed by atoms with E-state index in [4.69, 9.17) is 9.47 Å². The molecule has 10 heteroatoms. The van der Waals surface area contributed by atoms with Gasteiger partial charge in [-0.1, -0.05) is 24.3 Å². The molecule has 2 aromatic carbocycles. The van der Waals surface area contributed by atoms with E-state index < -0.39 is 29.6 Å². The summed E-state index contributed by atoms with van der Waals surface area (Å²) >= 11 is 0. The van der Waals surface area contributed by atoms with Gasteiger partial charge >= 0.3 is 0 Å². The number of hydrogen-bond acceptors (Lipinski definition) is 6. The van der Waals surface area contributed by atoms with Crippen LogP contribution in [0.4, 0.5) is 13.2 Å². The predicted octanol–water partition coefficient (Wildman–Crippen LogP) is 3.12. The summed E-state index contributed by atoms with van der Waals surface area (Å²) in [7, 11) is 0. The molecule has 4 aliphatic rings. The van der Waals surface area contributed by atoms with Gasteiger partial charge in [-0.15, -0.1) is 0 Å². The van der Waals surface area contributed by atoms with Crippen molar-refractivity contribution in [2.24, 2.45) is 5.41 Å². The van der Waals surface area contributed by atoms with Crippen LogP contribution < -0.4 is 10.6 Å². The molecule has 0 aliphatic carbocycles. The number of hydrogen-bond donors (Lipinski definition) is 2. The van der Waals surface area contributed by atoms with E-state index in [2.05, 4.69) is 21.6 Å². The second kappa shape index (κ2) is 10.2. The highest BCUT2D eigenvalue weighted by Crippen LogP contribution is 2.46. The molecule has 0 aromatic heterocycles. The summed E-state index contributed by atoms with van der Waals surface area (Å²) in [6, 6.07) is 12.2. The molecule has 7 nitrogen and oxygen atoms in total. The molecule has 0 bridgehead atoms. The molecule has 3 fully saturated rings. The molecule has 3 saturated heterocycles. The summed E-state index contributed by atoms with van der Waals surface area (Å²) in [6.45, 7) is 3.76. The molecule has 1 spiro atoms. The number of nitriles is 1. The lowest BCUT2D eigenvalue weighted by Crippen LogP contribution is -2.66. The average molecular weight is 541 g/mol. The Morgan fingerprint density at radius 1 is 1.15 bits per heavy atom. The van der Waals surface area contributed by atoms with Gasteiger partial charge in [-0.3, -0.25) is 9.69 Å². The van der Waals surface area contributed by atoms with Gasteiger partial charge in [0, 0.05) is 32.6 Å². The number of amides is 1. The number of ether oxygens (including phenoxy) is 2. The van der Waals surface area contributed by atoms with Gasteiger partial charge in [-0.2, -0.15) is 5.26 Å². The Hall–Kier alpha value is -2.97. The molecular formula is C29H31F3N4O3. The highest BCUT2D eigenvalue weighted by atomic mass is 19.3. The lowest BCUT2D eigenvalue weighted by molar-refractivity contribution is -0.146. The number of alkyl halides is 2. The number of nitrogens with zero attached hydrogens (tertiary/aromatic N) is 2. The first-order chi connectivity index (χ1) is 18.8. The number of carbonyl (C=O) groups is 1. The van der Waals surface area contributed by atoms with Gasteiger partial charge < -0.3 is 20.1 Å². The van der Waals surface area contributed by atoms with Gasteiger partial charge in [0.05, 0.1) is 37.5 Å². The van der Waals surface area contributed by atoms with Crippen molar-refractivity contribution in [2.45, 2.75) is 50.0 Å². The van der Waals surface area contributed by atoms with Gasteiger partial charge in [0.25, 0.3) is 6.43 Å². The monoisotopic (exact) mass is 540 g/mol. The van der Waals surface area contributed by atoms with E-state index >= 15 is 4.39 Å². The normalized spacial score (nSPS) is 22.5. The highest BCUT2D eigenvalue weighted by molar-refractivity contribution is 5.85. The average Bonchev–Trinajstić information content (AvgIpc) is 3.21. The Labute approximate surface area is 225 Å². The minimum atomic E-state index is -2.85. The summed E-state index contributed by atoms with van der Waals surface area (Å²) in [5, 5.41) is 14.6. The molecule has 2 aromatic rings. The zero-order chi connectivity index (χ0) is 27.2. The molecule has 0 unspecified atom stereocenters. The first-order valence-electron chi connectivity index (χ1n) is 13.4. The smallest absolute Gasteiger partial charge is 0.255 e. The van der Waals surface area contributed by atoms with Gasteiger partial charge in [0.15, 0.2) is 0 Å². The number of carbonyl (C=O) groups excluding carboxylic acids is 1. The number of halogens is 3. The summed E-state index contributed by atoms with van der Waals surface area (Å²) < 4.78 is 53.8. The molecule has 39 heavy (non-hydrogen) atoms. The Kier molecular flexibility index (Phi) is 6.88. The summed E-state index contributed by atoms with van der Waals surface area (Å²) in [6.07, 6.45) is -1.17. The Bertz CT molecular complexity index is 1300. The van der Waals surface area contributed by atoms with Crippen LogP contribution in [0.3, 0.4) is 0 Å². The third-order valence-corrected chi connectivity index (χ3v) is 8.87. The molecular weight excluding hydrogens is 509 g/mol. The van der Waals surface area contributed by atoms with E-state index in [0.717, 1.165) is 50.3 Å². The van der Waals surface area contributed by atoms with E-state index in [1.54, 1.807) is 12.1 Å². The van der Waals surface area contributed by atoms with Crippen molar-refractivity contribution in [1.29, 1.82) is 5.26 Å². The third kappa shape index (κ3) is 4.61. The fourth-order valence-corrected chi connectivity index (χ4v) is 6.05. The maximum Gasteiger partial charge on any atom is 0.255 e. The maximum atomic E-state index is 15.2. The molecule has 206 valence electrons.